The topological polar surface area (TPSA) is 40.5 Å². The average molecular weight is 290 g/mol. The third-order valence-corrected chi connectivity index (χ3v) is 8.03. The van der Waals surface area contributed by atoms with Crippen molar-refractivity contribution < 1.29 is 10.2 Å². The van der Waals surface area contributed by atoms with Crippen molar-refractivity contribution in [1.29, 1.82) is 0 Å². The molecule has 0 aromatic rings. The monoisotopic (exact) mass is 290 g/mol. The van der Waals surface area contributed by atoms with Crippen molar-refractivity contribution in [2.24, 2.45) is 28.6 Å². The van der Waals surface area contributed by atoms with Gasteiger partial charge in [0.05, 0.1) is 12.2 Å². The fourth-order valence-electron chi connectivity index (χ4n) is 6.61. The van der Waals surface area contributed by atoms with Crippen LogP contribution in [0.15, 0.2) is 11.6 Å². The number of rotatable bonds is 0. The normalized spacial score (nSPS) is 56.2. The molecule has 0 saturated heterocycles. The Balaban J connectivity index is 1.68. The highest BCUT2D eigenvalue weighted by atomic mass is 16.3. The standard InChI is InChI=1S/C19H30O2/c1-18-9-7-13(20)11-12(18)3-4-14-15-5-6-17(21)19(15,2)10-8-16(14)18/h3,13-17,20-21H,4-11H2,1-2H3/t13-,14-,15-,16+,17-,18-,19-/m0/s1. The summed E-state index contributed by atoms with van der Waals surface area (Å²) in [5.41, 5.74) is 2.05. The van der Waals surface area contributed by atoms with Crippen molar-refractivity contribution in [1.82, 2.24) is 0 Å². The van der Waals surface area contributed by atoms with Crippen molar-refractivity contribution in [3.63, 3.8) is 0 Å². The van der Waals surface area contributed by atoms with Gasteiger partial charge < -0.3 is 10.2 Å². The van der Waals surface area contributed by atoms with Gasteiger partial charge in [-0.3, -0.25) is 0 Å². The van der Waals surface area contributed by atoms with Crippen molar-refractivity contribution in [3.8, 4) is 0 Å². The summed E-state index contributed by atoms with van der Waals surface area (Å²) in [7, 11) is 0. The summed E-state index contributed by atoms with van der Waals surface area (Å²) in [6, 6.07) is 0. The molecule has 0 bridgehead atoms. The Bertz CT molecular complexity index is 470. The zero-order valence-electron chi connectivity index (χ0n) is 13.5. The molecule has 21 heavy (non-hydrogen) atoms. The van der Waals surface area contributed by atoms with Crippen LogP contribution in [0.2, 0.25) is 0 Å². The van der Waals surface area contributed by atoms with Crippen LogP contribution in [0.1, 0.15) is 65.2 Å². The van der Waals surface area contributed by atoms with Crippen LogP contribution < -0.4 is 0 Å². The van der Waals surface area contributed by atoms with E-state index in [4.69, 9.17) is 0 Å². The van der Waals surface area contributed by atoms with Crippen LogP contribution in [-0.4, -0.2) is 22.4 Å². The van der Waals surface area contributed by atoms with Crippen LogP contribution in [-0.2, 0) is 0 Å². The Kier molecular flexibility index (Phi) is 3.11. The zero-order valence-corrected chi connectivity index (χ0v) is 13.5. The lowest BCUT2D eigenvalue weighted by molar-refractivity contribution is -0.0711. The summed E-state index contributed by atoms with van der Waals surface area (Å²) in [5.74, 6) is 2.27. The van der Waals surface area contributed by atoms with Gasteiger partial charge in [-0.2, -0.15) is 0 Å². The maximum atomic E-state index is 10.5. The molecule has 3 saturated carbocycles. The van der Waals surface area contributed by atoms with E-state index >= 15 is 0 Å². The van der Waals surface area contributed by atoms with E-state index in [1.807, 2.05) is 0 Å². The van der Waals surface area contributed by atoms with Gasteiger partial charge >= 0.3 is 0 Å². The predicted molar refractivity (Wildman–Crippen MR) is 83.7 cm³/mol. The summed E-state index contributed by atoms with van der Waals surface area (Å²) in [6.45, 7) is 4.81. The summed E-state index contributed by atoms with van der Waals surface area (Å²) in [5, 5.41) is 20.5. The quantitative estimate of drug-likeness (QED) is 0.668. The summed E-state index contributed by atoms with van der Waals surface area (Å²) < 4.78 is 0. The van der Waals surface area contributed by atoms with Gasteiger partial charge in [-0.1, -0.05) is 25.5 Å². The van der Waals surface area contributed by atoms with Gasteiger partial charge in [0.25, 0.3) is 0 Å². The van der Waals surface area contributed by atoms with Crippen LogP contribution in [0.25, 0.3) is 0 Å². The van der Waals surface area contributed by atoms with Gasteiger partial charge in [0.15, 0.2) is 0 Å². The number of fused-ring (bicyclic) bond motifs is 5. The summed E-state index contributed by atoms with van der Waals surface area (Å²) in [6.07, 6.45) is 11.2. The number of aliphatic hydroxyl groups is 2. The highest BCUT2D eigenvalue weighted by Crippen LogP contribution is 2.64. The second-order valence-electron chi connectivity index (χ2n) is 8.79. The molecule has 7 atom stereocenters. The van der Waals surface area contributed by atoms with E-state index in [2.05, 4.69) is 19.9 Å². The minimum Gasteiger partial charge on any atom is -0.393 e. The van der Waals surface area contributed by atoms with E-state index in [9.17, 15) is 10.2 Å². The number of hydrogen-bond acceptors (Lipinski definition) is 2. The van der Waals surface area contributed by atoms with Crippen molar-refractivity contribution in [3.05, 3.63) is 11.6 Å². The molecule has 0 heterocycles. The smallest absolute Gasteiger partial charge is 0.0596 e. The first-order chi connectivity index (χ1) is 9.95. The van der Waals surface area contributed by atoms with Crippen LogP contribution >= 0.6 is 0 Å². The molecule has 0 aliphatic heterocycles. The molecule has 4 aliphatic rings. The van der Waals surface area contributed by atoms with Gasteiger partial charge in [-0.15, -0.1) is 0 Å². The van der Waals surface area contributed by atoms with E-state index < -0.39 is 0 Å². The fraction of sp³-hybridized carbons (Fsp3) is 0.895. The molecule has 2 heteroatoms. The molecule has 0 aromatic carbocycles. The molecule has 0 aromatic heterocycles. The lowest BCUT2D eigenvalue weighted by atomic mass is 9.48. The van der Waals surface area contributed by atoms with Crippen molar-refractivity contribution >= 4 is 0 Å². The Morgan fingerprint density at radius 2 is 1.81 bits per heavy atom. The fourth-order valence-corrected chi connectivity index (χ4v) is 6.61. The maximum absolute atomic E-state index is 10.5. The van der Waals surface area contributed by atoms with E-state index in [-0.39, 0.29) is 17.6 Å². The summed E-state index contributed by atoms with van der Waals surface area (Å²) in [4.78, 5) is 0. The third kappa shape index (κ3) is 1.84. The molecule has 2 nitrogen and oxygen atoms in total. The van der Waals surface area contributed by atoms with Crippen LogP contribution in [0.3, 0.4) is 0 Å². The minimum atomic E-state index is -0.108. The summed E-state index contributed by atoms with van der Waals surface area (Å²) >= 11 is 0. The van der Waals surface area contributed by atoms with Gasteiger partial charge in [-0.25, -0.2) is 0 Å². The molecule has 4 aliphatic carbocycles. The molecule has 118 valence electrons. The van der Waals surface area contributed by atoms with Crippen LogP contribution in [0.4, 0.5) is 0 Å². The Morgan fingerprint density at radius 3 is 2.62 bits per heavy atom. The van der Waals surface area contributed by atoms with E-state index in [0.29, 0.717) is 11.3 Å². The molecule has 0 unspecified atom stereocenters. The molecular formula is C19H30O2. The molecule has 0 radical (unpaired) electrons. The molecule has 4 rings (SSSR count). The predicted octanol–water partition coefficient (Wildman–Crippen LogP) is 3.67. The minimum absolute atomic E-state index is 0.0742. The number of allylic oxidation sites excluding steroid dienone is 1. The first-order valence-electron chi connectivity index (χ1n) is 9.01. The Hall–Kier alpha value is -0.340. The van der Waals surface area contributed by atoms with Crippen molar-refractivity contribution in [2.75, 3.05) is 0 Å². The Labute approximate surface area is 128 Å². The van der Waals surface area contributed by atoms with Crippen LogP contribution in [0.5, 0.6) is 0 Å². The largest absolute Gasteiger partial charge is 0.393 e. The SMILES string of the molecule is C[C@]12CC[C@@H]3[C@@H](CC=C4C[C@@H](O)CC[C@@]43C)[C@@H]1CC[C@@H]2O. The highest BCUT2D eigenvalue weighted by molar-refractivity contribution is 5.25. The maximum Gasteiger partial charge on any atom is 0.0596 e. The van der Waals surface area contributed by atoms with Gasteiger partial charge in [-0.05, 0) is 80.0 Å². The first-order valence-corrected chi connectivity index (χ1v) is 9.01. The second-order valence-corrected chi connectivity index (χ2v) is 8.79. The van der Waals surface area contributed by atoms with Crippen molar-refractivity contribution in [2.45, 2.75) is 77.4 Å². The molecule has 3 fully saturated rings. The molecule has 2 N–H and O–H groups in total. The molecular weight excluding hydrogens is 260 g/mol. The van der Waals surface area contributed by atoms with Gasteiger partial charge in [0.2, 0.25) is 0 Å². The van der Waals surface area contributed by atoms with Crippen LogP contribution in [0, 0.1) is 28.6 Å². The molecule has 0 amide bonds. The average Bonchev–Trinajstić information content (AvgIpc) is 2.76. The van der Waals surface area contributed by atoms with E-state index in [1.54, 1.807) is 5.57 Å². The first kappa shape index (κ1) is 14.3. The number of hydrogen-bond donors (Lipinski definition) is 2. The third-order valence-electron chi connectivity index (χ3n) is 8.03. The highest BCUT2D eigenvalue weighted by Gasteiger charge is 2.58. The lowest BCUT2D eigenvalue weighted by Crippen LogP contribution is -2.51. The van der Waals surface area contributed by atoms with Gasteiger partial charge in [0.1, 0.15) is 0 Å². The van der Waals surface area contributed by atoms with Gasteiger partial charge in [0, 0.05) is 0 Å². The Morgan fingerprint density at radius 1 is 1.00 bits per heavy atom. The van der Waals surface area contributed by atoms with E-state index in [1.165, 1.54) is 25.7 Å². The zero-order chi connectivity index (χ0) is 14.8. The van der Waals surface area contributed by atoms with E-state index in [0.717, 1.165) is 37.5 Å². The molecule has 0 spiro atoms. The second kappa shape index (κ2) is 4.58. The lowest BCUT2D eigenvalue weighted by Gasteiger charge is -2.57. The number of aliphatic hydroxyl groups excluding tert-OH is 2.